The molecule has 0 aromatic heterocycles. The highest BCUT2D eigenvalue weighted by Gasteiger charge is 1.98. The molecule has 0 heterocycles. The summed E-state index contributed by atoms with van der Waals surface area (Å²) in [6, 6.07) is 2.69. The van der Waals surface area contributed by atoms with Gasteiger partial charge in [0.1, 0.15) is 0 Å². The zero-order valence-corrected chi connectivity index (χ0v) is 25.0. The average molecular weight is 503 g/mol. The number of rotatable bonds is 23. The molecule has 0 saturated carbocycles. The molecule has 8 heteroatoms. The van der Waals surface area contributed by atoms with Gasteiger partial charge in [0.15, 0.2) is 19.5 Å². The van der Waals surface area contributed by atoms with Crippen molar-refractivity contribution in [1.29, 1.82) is 0 Å². The van der Waals surface area contributed by atoms with E-state index in [2.05, 4.69) is 27.7 Å². The van der Waals surface area contributed by atoms with Crippen molar-refractivity contribution in [1.82, 2.24) is 0 Å². The van der Waals surface area contributed by atoms with Gasteiger partial charge in [-0.3, -0.25) is 0 Å². The molecule has 0 atom stereocenters. The molecule has 0 saturated heterocycles. The summed E-state index contributed by atoms with van der Waals surface area (Å²) in [6.45, 7) is 11.2. The molecule has 0 aromatic carbocycles. The zero-order chi connectivity index (χ0) is 20.7. The monoisotopic (exact) mass is 502 g/mol. The van der Waals surface area contributed by atoms with Crippen LogP contribution in [0.15, 0.2) is 0 Å². The molecule has 2 nitrogen and oxygen atoms in total. The van der Waals surface area contributed by atoms with Crippen molar-refractivity contribution in [3.05, 3.63) is 0 Å². The van der Waals surface area contributed by atoms with Crippen LogP contribution in [0.4, 0.5) is 0 Å². The molecule has 0 aliphatic rings. The molecule has 0 N–H and O–H groups in total. The van der Waals surface area contributed by atoms with E-state index in [0.29, 0.717) is 0 Å². The molecule has 0 aliphatic heterocycles. The lowest BCUT2D eigenvalue weighted by atomic mass is 10.1. The van der Waals surface area contributed by atoms with Crippen molar-refractivity contribution >= 4 is 60.8 Å². The van der Waals surface area contributed by atoms with Gasteiger partial charge in [0.05, 0.1) is 0 Å². The highest BCUT2D eigenvalue weighted by Crippen LogP contribution is 2.43. The third kappa shape index (κ3) is 27.8. The summed E-state index contributed by atoms with van der Waals surface area (Å²) in [5.41, 5.74) is 0. The maximum Gasteiger partial charge on any atom is 0.161 e. The number of hydrogen-bond donors (Lipinski definition) is 0. The van der Waals surface area contributed by atoms with Gasteiger partial charge < -0.3 is 8.85 Å². The van der Waals surface area contributed by atoms with Gasteiger partial charge in [-0.15, -0.1) is 0 Å². The van der Waals surface area contributed by atoms with E-state index in [-0.39, 0.29) is 19.5 Å². The van der Waals surface area contributed by atoms with Crippen molar-refractivity contribution in [3.63, 3.8) is 0 Å². The molecule has 0 amide bonds. The van der Waals surface area contributed by atoms with Gasteiger partial charge in [-0.25, -0.2) is 0 Å². The maximum absolute atomic E-state index is 5.85. The first-order valence-electron chi connectivity index (χ1n) is 11.4. The summed E-state index contributed by atoms with van der Waals surface area (Å²) in [5, 5.41) is 0. The van der Waals surface area contributed by atoms with Crippen LogP contribution >= 0.6 is 41.2 Å². The second-order valence-electron chi connectivity index (χ2n) is 8.20. The third-order valence-electron chi connectivity index (χ3n) is 4.30. The Morgan fingerprint density at radius 1 is 0.607 bits per heavy atom. The Balaban J connectivity index is 3.00. The lowest BCUT2D eigenvalue weighted by Crippen LogP contribution is -2.01. The van der Waals surface area contributed by atoms with Crippen LogP contribution in [-0.4, -0.2) is 44.2 Å². The Morgan fingerprint density at radius 3 is 1.43 bits per heavy atom. The van der Waals surface area contributed by atoms with Crippen LogP contribution < -0.4 is 0 Å². The SMILES string of the molecule is CC(C)CCCCO[SiH2]CCCSSSSCCC[SiH2]OCCCCC(C)C. The van der Waals surface area contributed by atoms with E-state index in [9.17, 15) is 0 Å². The van der Waals surface area contributed by atoms with Crippen molar-refractivity contribution in [2.45, 2.75) is 91.1 Å². The van der Waals surface area contributed by atoms with Gasteiger partial charge in [-0.1, -0.05) is 75.0 Å². The van der Waals surface area contributed by atoms with E-state index in [1.165, 1.54) is 75.0 Å². The lowest BCUT2D eigenvalue weighted by Gasteiger charge is -2.06. The predicted octanol–water partition coefficient (Wildman–Crippen LogP) is 7.13. The van der Waals surface area contributed by atoms with Gasteiger partial charge in [-0.05, 0) is 69.3 Å². The summed E-state index contributed by atoms with van der Waals surface area (Å²) in [6.07, 6.45) is 10.6. The fraction of sp³-hybridized carbons (Fsp3) is 1.00. The van der Waals surface area contributed by atoms with Crippen molar-refractivity contribution in [2.75, 3.05) is 24.7 Å². The summed E-state index contributed by atoms with van der Waals surface area (Å²) in [5.74, 6) is 4.24. The van der Waals surface area contributed by atoms with E-state index < -0.39 is 0 Å². The molecule has 0 rings (SSSR count). The fourth-order valence-corrected chi connectivity index (χ4v) is 11.7. The highest BCUT2D eigenvalue weighted by molar-refractivity contribution is 9.26. The van der Waals surface area contributed by atoms with E-state index in [1.807, 2.05) is 41.2 Å². The number of hydrogen-bond acceptors (Lipinski definition) is 6. The van der Waals surface area contributed by atoms with E-state index in [4.69, 9.17) is 8.85 Å². The minimum Gasteiger partial charge on any atom is -0.424 e. The van der Waals surface area contributed by atoms with E-state index >= 15 is 0 Å². The van der Waals surface area contributed by atoms with E-state index in [1.54, 1.807) is 0 Å². The molecule has 0 aromatic rings. The Morgan fingerprint density at radius 2 is 1.04 bits per heavy atom. The van der Waals surface area contributed by atoms with Crippen molar-refractivity contribution in [3.8, 4) is 0 Å². The average Bonchev–Trinajstić information content (AvgIpc) is 2.65. The van der Waals surface area contributed by atoms with Gasteiger partial charge >= 0.3 is 0 Å². The van der Waals surface area contributed by atoms with Crippen molar-refractivity contribution < 1.29 is 8.85 Å². The van der Waals surface area contributed by atoms with Crippen LogP contribution in [0.5, 0.6) is 0 Å². The van der Waals surface area contributed by atoms with Gasteiger partial charge in [0, 0.05) is 24.7 Å². The summed E-state index contributed by atoms with van der Waals surface area (Å²) >= 11 is 0. The third-order valence-corrected chi connectivity index (χ3v) is 13.7. The first-order chi connectivity index (χ1) is 13.6. The number of unbranched alkanes of at least 4 members (excludes halogenated alkanes) is 2. The van der Waals surface area contributed by atoms with Crippen LogP contribution in [0.25, 0.3) is 0 Å². The summed E-state index contributed by atoms with van der Waals surface area (Å²) < 4.78 is 11.7. The Labute approximate surface area is 196 Å². The smallest absolute Gasteiger partial charge is 0.161 e. The molecule has 0 spiro atoms. The second kappa shape index (κ2) is 25.0. The molecular formula is C20H46O2S4Si2. The molecule has 0 unspecified atom stereocenters. The Bertz CT molecular complexity index is 273. The minimum atomic E-state index is -0.246. The molecule has 28 heavy (non-hydrogen) atoms. The Kier molecular flexibility index (Phi) is 26.6. The van der Waals surface area contributed by atoms with Gasteiger partial charge in [-0.2, -0.15) is 0 Å². The minimum absolute atomic E-state index is 0.246. The lowest BCUT2D eigenvalue weighted by molar-refractivity contribution is 0.316. The summed E-state index contributed by atoms with van der Waals surface area (Å²) in [4.78, 5) is 0. The predicted molar refractivity (Wildman–Crippen MR) is 145 cm³/mol. The maximum atomic E-state index is 5.85. The highest BCUT2D eigenvalue weighted by atomic mass is 33.7. The molecule has 170 valence electrons. The van der Waals surface area contributed by atoms with E-state index in [0.717, 1.165) is 25.0 Å². The van der Waals surface area contributed by atoms with Crippen molar-refractivity contribution in [2.24, 2.45) is 11.8 Å². The molecular weight excluding hydrogens is 457 g/mol. The van der Waals surface area contributed by atoms with Crippen LogP contribution in [0.3, 0.4) is 0 Å². The largest absolute Gasteiger partial charge is 0.424 e. The second-order valence-corrected chi connectivity index (χ2v) is 17.5. The summed E-state index contributed by atoms with van der Waals surface area (Å²) in [7, 11) is 7.47. The first-order valence-corrected chi connectivity index (χ1v) is 19.7. The molecule has 0 bridgehead atoms. The fourth-order valence-electron chi connectivity index (χ4n) is 2.56. The van der Waals surface area contributed by atoms with Gasteiger partial charge in [0.25, 0.3) is 0 Å². The molecule has 0 fully saturated rings. The van der Waals surface area contributed by atoms with Crippen LogP contribution in [0, 0.1) is 11.8 Å². The molecule has 0 aliphatic carbocycles. The Hall–Kier alpha value is 1.75. The standard InChI is InChI=1S/C20H46O2S4Si2/c1-19(2)11-5-7-13-21-27-17-9-15-23-25-26-24-16-10-18-28-22-14-8-6-12-20(3)4/h19-20H,5-18,27-28H2,1-4H3. The normalized spacial score (nSPS) is 12.6. The topological polar surface area (TPSA) is 18.5 Å². The van der Waals surface area contributed by atoms with Crippen LogP contribution in [-0.2, 0) is 8.85 Å². The van der Waals surface area contributed by atoms with Crippen LogP contribution in [0.1, 0.15) is 79.1 Å². The quantitative estimate of drug-likeness (QED) is 0.0834. The molecule has 0 radical (unpaired) electrons. The first kappa shape index (κ1) is 29.8. The zero-order valence-electron chi connectivity index (χ0n) is 18.9. The van der Waals surface area contributed by atoms with Gasteiger partial charge in [0.2, 0.25) is 0 Å². The van der Waals surface area contributed by atoms with Crippen LogP contribution in [0.2, 0.25) is 12.1 Å².